The summed E-state index contributed by atoms with van der Waals surface area (Å²) in [5.74, 6) is 0.0534. The summed E-state index contributed by atoms with van der Waals surface area (Å²) >= 11 is 0. The number of carbonyl (C=O) groups is 2. The number of imidazole rings is 1. The lowest BCUT2D eigenvalue weighted by molar-refractivity contribution is 0.0657. The summed E-state index contributed by atoms with van der Waals surface area (Å²) in [6, 6.07) is 5.93. The van der Waals surface area contributed by atoms with Gasteiger partial charge in [-0.1, -0.05) is 18.2 Å². The Morgan fingerprint density at radius 1 is 1.00 bits per heavy atom. The molecule has 154 valence electrons. The Bertz CT molecular complexity index is 921. The van der Waals surface area contributed by atoms with Crippen molar-refractivity contribution >= 4 is 17.5 Å². The average Bonchev–Trinajstić information content (AvgIpc) is 3.11. The fourth-order valence-corrected chi connectivity index (χ4v) is 4.23. The number of likely N-dealkylation sites (N-methyl/N-ethyl adjacent to an activating group) is 1. The molecule has 0 radical (unpaired) electrons. The number of hydrogen-bond donors (Lipinski definition) is 1. The monoisotopic (exact) mass is 395 g/mol. The van der Waals surface area contributed by atoms with Crippen molar-refractivity contribution in [3.63, 3.8) is 0 Å². The molecule has 0 atom stereocenters. The highest BCUT2D eigenvalue weighted by Crippen LogP contribution is 2.25. The number of para-hydroxylation sites is 1. The first kappa shape index (κ1) is 19.6. The number of nitrogens with one attached hydrogen (secondary N) is 1. The molecule has 2 aliphatic heterocycles. The zero-order chi connectivity index (χ0) is 20.5. The molecule has 0 unspecified atom stereocenters. The van der Waals surface area contributed by atoms with Crippen LogP contribution in [0.5, 0.6) is 0 Å². The topological polar surface area (TPSA) is 70.5 Å². The third-order valence-electron chi connectivity index (χ3n) is 6.03. The van der Waals surface area contributed by atoms with Crippen LogP contribution in [0.3, 0.4) is 0 Å². The van der Waals surface area contributed by atoms with Crippen molar-refractivity contribution in [1.82, 2.24) is 19.4 Å². The molecule has 3 heterocycles. The summed E-state index contributed by atoms with van der Waals surface area (Å²) in [4.78, 5) is 35.0. The van der Waals surface area contributed by atoms with Crippen LogP contribution >= 0.6 is 0 Å². The predicted molar refractivity (Wildman–Crippen MR) is 112 cm³/mol. The van der Waals surface area contributed by atoms with E-state index in [0.29, 0.717) is 24.6 Å². The quantitative estimate of drug-likeness (QED) is 0.867. The number of nitrogens with zero attached hydrogens (tertiary/aromatic N) is 4. The number of hydrogen-bond acceptors (Lipinski definition) is 4. The van der Waals surface area contributed by atoms with Gasteiger partial charge in [-0.15, -0.1) is 0 Å². The number of anilines is 1. The third kappa shape index (κ3) is 3.79. The van der Waals surface area contributed by atoms with Crippen molar-refractivity contribution < 1.29 is 9.59 Å². The molecule has 1 aromatic carbocycles. The Morgan fingerprint density at radius 2 is 1.69 bits per heavy atom. The molecule has 0 aliphatic carbocycles. The Morgan fingerprint density at radius 3 is 2.38 bits per heavy atom. The van der Waals surface area contributed by atoms with E-state index in [1.807, 2.05) is 41.5 Å². The highest BCUT2D eigenvalue weighted by Gasteiger charge is 2.31. The number of amides is 2. The smallest absolute Gasteiger partial charge is 0.291 e. The first-order chi connectivity index (χ1) is 14.0. The van der Waals surface area contributed by atoms with Crippen molar-refractivity contribution in [3.05, 3.63) is 46.5 Å². The molecular weight excluding hydrogens is 366 g/mol. The molecule has 0 bridgehead atoms. The highest BCUT2D eigenvalue weighted by molar-refractivity contribution is 6.04. The maximum atomic E-state index is 13.2. The van der Waals surface area contributed by atoms with Crippen molar-refractivity contribution in [2.75, 3.05) is 38.5 Å². The van der Waals surface area contributed by atoms with Gasteiger partial charge in [0.15, 0.2) is 5.82 Å². The zero-order valence-corrected chi connectivity index (χ0v) is 17.5. The van der Waals surface area contributed by atoms with E-state index in [-0.39, 0.29) is 11.8 Å². The molecule has 4 rings (SSSR count). The van der Waals surface area contributed by atoms with Gasteiger partial charge in [0, 0.05) is 38.4 Å². The van der Waals surface area contributed by atoms with Gasteiger partial charge in [0.05, 0.1) is 5.69 Å². The second-order valence-corrected chi connectivity index (χ2v) is 8.16. The van der Waals surface area contributed by atoms with E-state index in [0.717, 1.165) is 61.4 Å². The van der Waals surface area contributed by atoms with Crippen molar-refractivity contribution in [1.29, 1.82) is 0 Å². The van der Waals surface area contributed by atoms with Crippen LogP contribution in [-0.2, 0) is 13.0 Å². The number of carbonyl (C=O) groups excluding carboxylic acids is 2. The van der Waals surface area contributed by atoms with Gasteiger partial charge in [-0.3, -0.25) is 9.59 Å². The number of piperazine rings is 1. The number of rotatable bonds is 3. The molecule has 2 aliphatic rings. The van der Waals surface area contributed by atoms with Crippen LogP contribution in [0, 0.1) is 13.8 Å². The van der Waals surface area contributed by atoms with E-state index in [2.05, 4.69) is 22.2 Å². The molecule has 2 aromatic rings. The van der Waals surface area contributed by atoms with Gasteiger partial charge < -0.3 is 19.7 Å². The predicted octanol–water partition coefficient (Wildman–Crippen LogP) is 2.48. The minimum atomic E-state index is -0.247. The van der Waals surface area contributed by atoms with Gasteiger partial charge in [0.25, 0.3) is 11.8 Å². The van der Waals surface area contributed by atoms with Gasteiger partial charge in [0.2, 0.25) is 0 Å². The van der Waals surface area contributed by atoms with Gasteiger partial charge in [-0.05, 0) is 51.3 Å². The molecule has 1 aromatic heterocycles. The van der Waals surface area contributed by atoms with E-state index >= 15 is 0 Å². The van der Waals surface area contributed by atoms with E-state index in [1.165, 1.54) is 0 Å². The van der Waals surface area contributed by atoms with Crippen LogP contribution in [0.15, 0.2) is 18.2 Å². The van der Waals surface area contributed by atoms with Crippen molar-refractivity contribution in [3.8, 4) is 0 Å². The molecule has 1 fully saturated rings. The summed E-state index contributed by atoms with van der Waals surface area (Å²) in [7, 11) is 2.07. The molecule has 7 heteroatoms. The van der Waals surface area contributed by atoms with Crippen molar-refractivity contribution in [2.45, 2.75) is 39.7 Å². The highest BCUT2D eigenvalue weighted by atomic mass is 16.2. The number of aromatic nitrogens is 2. The molecule has 29 heavy (non-hydrogen) atoms. The van der Waals surface area contributed by atoms with Gasteiger partial charge in [-0.25, -0.2) is 4.98 Å². The largest absolute Gasteiger partial charge is 0.335 e. The Hall–Kier alpha value is -2.67. The van der Waals surface area contributed by atoms with Gasteiger partial charge >= 0.3 is 0 Å². The van der Waals surface area contributed by atoms with Crippen LogP contribution < -0.4 is 5.32 Å². The number of fused-ring (bicyclic) bond motifs is 1. The van der Waals surface area contributed by atoms with E-state index in [9.17, 15) is 9.59 Å². The number of benzene rings is 1. The normalized spacial score (nSPS) is 17.1. The summed E-state index contributed by atoms with van der Waals surface area (Å²) in [6.45, 7) is 7.81. The Labute approximate surface area is 171 Å². The second kappa shape index (κ2) is 7.99. The van der Waals surface area contributed by atoms with E-state index < -0.39 is 0 Å². The Balaban J connectivity index is 1.64. The summed E-state index contributed by atoms with van der Waals surface area (Å²) in [5.41, 5.74) is 4.21. The minimum absolute atomic E-state index is 0.0464. The lowest BCUT2D eigenvalue weighted by atomic mass is 10.1. The van der Waals surface area contributed by atoms with Crippen LogP contribution in [-0.4, -0.2) is 64.4 Å². The molecule has 0 spiro atoms. The fourth-order valence-electron chi connectivity index (χ4n) is 4.23. The molecule has 0 saturated carbocycles. The summed E-state index contributed by atoms with van der Waals surface area (Å²) in [6.07, 6.45) is 2.81. The lowest BCUT2D eigenvalue weighted by Gasteiger charge is -2.32. The minimum Gasteiger partial charge on any atom is -0.335 e. The van der Waals surface area contributed by atoms with Crippen LogP contribution in [0.2, 0.25) is 0 Å². The van der Waals surface area contributed by atoms with E-state index in [1.54, 1.807) is 0 Å². The first-order valence-corrected chi connectivity index (χ1v) is 10.4. The third-order valence-corrected chi connectivity index (χ3v) is 6.03. The first-order valence-electron chi connectivity index (χ1n) is 10.4. The maximum Gasteiger partial charge on any atom is 0.291 e. The standard InChI is InChI=1S/C22H29N5O2/c1-15-7-6-8-16(2)18(15)24-21(28)20-23-19(17-9-4-5-10-27(17)20)22(29)26-13-11-25(3)12-14-26/h6-8H,4-5,9-14H2,1-3H3,(H,24,28). The van der Waals surface area contributed by atoms with Crippen LogP contribution in [0.1, 0.15) is 50.8 Å². The van der Waals surface area contributed by atoms with Crippen LogP contribution in [0.4, 0.5) is 5.69 Å². The van der Waals surface area contributed by atoms with Gasteiger partial charge in [0.1, 0.15) is 5.69 Å². The second-order valence-electron chi connectivity index (χ2n) is 8.16. The summed E-state index contributed by atoms with van der Waals surface area (Å²) in [5, 5.41) is 3.03. The zero-order valence-electron chi connectivity index (χ0n) is 17.5. The molecule has 1 saturated heterocycles. The molecular formula is C22H29N5O2. The lowest BCUT2D eigenvalue weighted by Crippen LogP contribution is -2.47. The fraction of sp³-hybridized carbons (Fsp3) is 0.500. The maximum absolute atomic E-state index is 13.2. The SMILES string of the molecule is Cc1cccc(C)c1NC(=O)c1nc(C(=O)N2CCN(C)CC2)c2n1CCCC2. The van der Waals surface area contributed by atoms with Crippen molar-refractivity contribution in [2.24, 2.45) is 0 Å². The Kier molecular flexibility index (Phi) is 5.41. The summed E-state index contributed by atoms with van der Waals surface area (Å²) < 4.78 is 1.95. The molecule has 7 nitrogen and oxygen atoms in total. The molecule has 2 amide bonds. The van der Waals surface area contributed by atoms with Gasteiger partial charge in [-0.2, -0.15) is 0 Å². The van der Waals surface area contributed by atoms with E-state index in [4.69, 9.17) is 0 Å². The van der Waals surface area contributed by atoms with Crippen LogP contribution in [0.25, 0.3) is 0 Å². The average molecular weight is 396 g/mol. The molecule has 1 N–H and O–H groups in total. The number of aryl methyl sites for hydroxylation is 2.